The molecule has 14 heavy (non-hydrogen) atoms. The minimum Gasteiger partial charge on any atom is -0.133 e. The normalized spacial score (nSPS) is 12.8. The van der Waals surface area contributed by atoms with Gasteiger partial charge < -0.3 is 0 Å². The van der Waals surface area contributed by atoms with Crippen molar-refractivity contribution in [2.24, 2.45) is 0 Å². The number of allylic oxidation sites excluding steroid dienone is 1. The van der Waals surface area contributed by atoms with Crippen LogP contribution in [0.1, 0.15) is 48.0 Å². The van der Waals surface area contributed by atoms with Crippen LogP contribution in [0.2, 0.25) is 0 Å². The van der Waals surface area contributed by atoms with Gasteiger partial charge in [0.2, 0.25) is 0 Å². The van der Waals surface area contributed by atoms with Crippen LogP contribution in [0.4, 0.5) is 0 Å². The van der Waals surface area contributed by atoms with Crippen LogP contribution in [-0.4, -0.2) is 16.5 Å². The lowest BCUT2D eigenvalue weighted by Crippen LogP contribution is -2.26. The zero-order valence-electron chi connectivity index (χ0n) is 10.6. The van der Waals surface area contributed by atoms with Crippen molar-refractivity contribution in [3.8, 4) is 0 Å². The largest absolute Gasteiger partial charge is 0.133 e. The summed E-state index contributed by atoms with van der Waals surface area (Å²) in [5, 5.41) is 0.894. The van der Waals surface area contributed by atoms with E-state index in [1.54, 1.807) is 0 Å². The Bertz CT molecular complexity index is 194. The highest BCUT2D eigenvalue weighted by molar-refractivity contribution is 7.60. The van der Waals surface area contributed by atoms with Gasteiger partial charge >= 0.3 is 0 Å². The number of hydrogen-bond donors (Lipinski definition) is 0. The first-order valence-corrected chi connectivity index (χ1v) is 6.84. The molecule has 0 spiro atoms. The highest BCUT2D eigenvalue weighted by Gasteiger charge is 2.33. The summed E-state index contributed by atoms with van der Waals surface area (Å²) >= 11 is 0. The van der Waals surface area contributed by atoms with E-state index in [0.29, 0.717) is 10.3 Å². The van der Waals surface area contributed by atoms with Crippen molar-refractivity contribution >= 4 is 7.92 Å². The van der Waals surface area contributed by atoms with E-state index >= 15 is 0 Å². The second kappa shape index (κ2) is 5.15. The van der Waals surface area contributed by atoms with Gasteiger partial charge in [-0.25, -0.2) is 0 Å². The fraction of sp³-hybridized carbons (Fsp3) is 0.769. The Labute approximate surface area is 91.2 Å². The molecule has 0 aromatic carbocycles. The van der Waals surface area contributed by atoms with Gasteiger partial charge in [-0.05, 0) is 29.0 Å². The molecule has 1 heteroatoms. The Hall–Kier alpha value is -0.0500. The van der Waals surface area contributed by atoms with Crippen LogP contribution >= 0.6 is 7.92 Å². The van der Waals surface area contributed by atoms with Crippen molar-refractivity contribution in [1.82, 2.24) is 0 Å². The molecule has 0 rings (SSSR count). The van der Waals surface area contributed by atoms with E-state index in [2.05, 4.69) is 59.9 Å². The fourth-order valence-electron chi connectivity index (χ4n) is 1.97. The summed E-state index contributed by atoms with van der Waals surface area (Å²) in [6.45, 7) is 17.8. The summed E-state index contributed by atoms with van der Waals surface area (Å²) in [5.41, 5.74) is 2.86. The van der Waals surface area contributed by atoms with Gasteiger partial charge in [0.25, 0.3) is 0 Å². The highest BCUT2D eigenvalue weighted by Crippen LogP contribution is 2.59. The van der Waals surface area contributed by atoms with Gasteiger partial charge in [0.05, 0.1) is 0 Å². The summed E-state index contributed by atoms with van der Waals surface area (Å²) in [7, 11) is 0.0466. The first-order valence-electron chi connectivity index (χ1n) is 5.31. The van der Waals surface area contributed by atoms with Crippen molar-refractivity contribution in [3.05, 3.63) is 18.4 Å². The Kier molecular flexibility index (Phi) is 5.13. The molecule has 0 atom stereocenters. The SMILES string of the molecule is C=C=CCCP(C(C)(C)C)C(C)(C)C. The quantitative estimate of drug-likeness (QED) is 0.466. The van der Waals surface area contributed by atoms with Crippen LogP contribution < -0.4 is 0 Å². The number of rotatable bonds is 3. The van der Waals surface area contributed by atoms with E-state index in [1.165, 1.54) is 6.16 Å². The molecule has 0 N–H and O–H groups in total. The van der Waals surface area contributed by atoms with Crippen molar-refractivity contribution < 1.29 is 0 Å². The predicted octanol–water partition coefficient (Wildman–Crippen LogP) is 4.80. The molecule has 0 aliphatic carbocycles. The third-order valence-corrected chi connectivity index (χ3v) is 6.21. The third kappa shape index (κ3) is 4.99. The Morgan fingerprint density at radius 3 is 1.79 bits per heavy atom. The lowest BCUT2D eigenvalue weighted by atomic mass is 10.2. The van der Waals surface area contributed by atoms with Crippen molar-refractivity contribution in [3.63, 3.8) is 0 Å². The standard InChI is InChI=1S/C13H25P/c1-8-9-10-11-14(12(2,3)4)13(5,6)7/h9H,1,10-11H2,2-7H3. The molecule has 0 unspecified atom stereocenters. The van der Waals surface area contributed by atoms with Crippen molar-refractivity contribution in [2.45, 2.75) is 58.3 Å². The molecule has 0 amide bonds. The number of hydrogen-bond acceptors (Lipinski definition) is 0. The van der Waals surface area contributed by atoms with Gasteiger partial charge in [0.1, 0.15) is 0 Å². The second-order valence-electron chi connectivity index (χ2n) is 5.69. The summed E-state index contributed by atoms with van der Waals surface area (Å²) in [6, 6.07) is 0. The Morgan fingerprint density at radius 1 is 1.07 bits per heavy atom. The topological polar surface area (TPSA) is 0 Å². The summed E-state index contributed by atoms with van der Waals surface area (Å²) in [6.07, 6.45) is 4.49. The zero-order chi connectivity index (χ0) is 11.4. The zero-order valence-corrected chi connectivity index (χ0v) is 11.5. The second-order valence-corrected chi connectivity index (χ2v) is 9.68. The molecule has 0 heterocycles. The van der Waals surface area contributed by atoms with Gasteiger partial charge in [-0.1, -0.05) is 56.0 Å². The Morgan fingerprint density at radius 2 is 1.50 bits per heavy atom. The van der Waals surface area contributed by atoms with Crippen LogP contribution in [0.5, 0.6) is 0 Å². The van der Waals surface area contributed by atoms with E-state index in [1.807, 2.05) is 0 Å². The third-order valence-electron chi connectivity index (χ3n) is 2.26. The maximum absolute atomic E-state index is 3.61. The molecule has 0 aromatic rings. The average molecular weight is 212 g/mol. The van der Waals surface area contributed by atoms with E-state index in [4.69, 9.17) is 0 Å². The van der Waals surface area contributed by atoms with Crippen molar-refractivity contribution in [1.29, 1.82) is 0 Å². The van der Waals surface area contributed by atoms with Crippen LogP contribution in [-0.2, 0) is 0 Å². The molecule has 0 fully saturated rings. The maximum Gasteiger partial charge on any atom is -0.0174 e. The average Bonchev–Trinajstić information content (AvgIpc) is 1.92. The lowest BCUT2D eigenvalue weighted by molar-refractivity contribution is 0.703. The smallest absolute Gasteiger partial charge is 0.0174 e. The lowest BCUT2D eigenvalue weighted by Gasteiger charge is -2.41. The monoisotopic (exact) mass is 212 g/mol. The summed E-state index contributed by atoms with van der Waals surface area (Å²) in [4.78, 5) is 0. The molecule has 0 aliphatic heterocycles. The molecule has 0 nitrogen and oxygen atoms in total. The summed E-state index contributed by atoms with van der Waals surface area (Å²) < 4.78 is 0. The minimum atomic E-state index is 0.0466. The molecular formula is C13H25P. The summed E-state index contributed by atoms with van der Waals surface area (Å²) in [5.74, 6) is 0. The van der Waals surface area contributed by atoms with Crippen molar-refractivity contribution in [2.75, 3.05) is 6.16 Å². The van der Waals surface area contributed by atoms with Gasteiger partial charge in [0, 0.05) is 0 Å². The molecule has 0 saturated heterocycles. The van der Waals surface area contributed by atoms with Gasteiger partial charge in [-0.15, -0.1) is 5.73 Å². The van der Waals surface area contributed by atoms with Gasteiger partial charge in [-0.2, -0.15) is 0 Å². The molecule has 82 valence electrons. The van der Waals surface area contributed by atoms with E-state index in [9.17, 15) is 0 Å². The van der Waals surface area contributed by atoms with Gasteiger partial charge in [0.15, 0.2) is 0 Å². The Balaban J connectivity index is 4.50. The molecule has 0 bridgehead atoms. The molecule has 0 radical (unpaired) electrons. The minimum absolute atomic E-state index is 0.0466. The van der Waals surface area contributed by atoms with Crippen LogP contribution in [0.15, 0.2) is 18.4 Å². The molecule has 0 aliphatic rings. The van der Waals surface area contributed by atoms with Crippen LogP contribution in [0.3, 0.4) is 0 Å². The predicted molar refractivity (Wildman–Crippen MR) is 69.6 cm³/mol. The van der Waals surface area contributed by atoms with Gasteiger partial charge in [-0.3, -0.25) is 0 Å². The first kappa shape index (κ1) is 13.9. The first-order chi connectivity index (χ1) is 6.19. The van der Waals surface area contributed by atoms with Crippen LogP contribution in [0.25, 0.3) is 0 Å². The maximum atomic E-state index is 3.61. The fourth-order valence-corrected chi connectivity index (χ4v) is 5.71. The van der Waals surface area contributed by atoms with E-state index in [-0.39, 0.29) is 7.92 Å². The molecular weight excluding hydrogens is 187 g/mol. The highest BCUT2D eigenvalue weighted by atomic mass is 31.1. The molecule has 0 aromatic heterocycles. The van der Waals surface area contributed by atoms with Crippen LogP contribution in [0, 0.1) is 0 Å². The molecule has 0 saturated carbocycles. The van der Waals surface area contributed by atoms with E-state index < -0.39 is 0 Å². The van der Waals surface area contributed by atoms with E-state index in [0.717, 1.165) is 6.42 Å².